The molecule has 5 heteroatoms. The number of rotatable bonds is 1. The van der Waals surface area contributed by atoms with Gasteiger partial charge in [-0.05, 0) is 20.0 Å². The first kappa shape index (κ1) is 11.0. The van der Waals surface area contributed by atoms with E-state index >= 15 is 0 Å². The molecule has 1 fully saturated rings. The first-order chi connectivity index (χ1) is 7.66. The van der Waals surface area contributed by atoms with E-state index in [-0.39, 0.29) is 5.91 Å². The van der Waals surface area contributed by atoms with Gasteiger partial charge in [0.15, 0.2) is 0 Å². The summed E-state index contributed by atoms with van der Waals surface area (Å²) in [5.41, 5.74) is 0.497. The van der Waals surface area contributed by atoms with Crippen molar-refractivity contribution < 1.29 is 4.79 Å². The number of amides is 1. The minimum absolute atomic E-state index is 0.0126. The van der Waals surface area contributed by atoms with Crippen molar-refractivity contribution in [2.24, 2.45) is 0 Å². The summed E-state index contributed by atoms with van der Waals surface area (Å²) in [6.45, 7) is 5.20. The van der Waals surface area contributed by atoms with Gasteiger partial charge in [-0.25, -0.2) is 9.97 Å². The van der Waals surface area contributed by atoms with E-state index in [4.69, 9.17) is 0 Å². The highest BCUT2D eigenvalue weighted by Gasteiger charge is 2.21. The van der Waals surface area contributed by atoms with Gasteiger partial charge in [0.25, 0.3) is 5.91 Å². The summed E-state index contributed by atoms with van der Waals surface area (Å²) in [5, 5.41) is 0. The zero-order valence-electron chi connectivity index (χ0n) is 9.68. The van der Waals surface area contributed by atoms with Gasteiger partial charge in [-0.2, -0.15) is 0 Å². The first-order valence-corrected chi connectivity index (χ1v) is 5.44. The van der Waals surface area contributed by atoms with Crippen LogP contribution in [0.5, 0.6) is 0 Å². The van der Waals surface area contributed by atoms with Crippen LogP contribution < -0.4 is 0 Å². The molecule has 1 amide bonds. The third kappa shape index (κ3) is 2.36. The number of hydrogen-bond acceptors (Lipinski definition) is 4. The van der Waals surface area contributed by atoms with E-state index in [1.807, 2.05) is 4.90 Å². The molecule has 86 valence electrons. The normalized spacial score (nSPS) is 17.5. The van der Waals surface area contributed by atoms with Gasteiger partial charge >= 0.3 is 0 Å². The predicted octanol–water partition coefficient (Wildman–Crippen LogP) is 0.173. The average Bonchev–Trinajstić information content (AvgIpc) is 2.29. The molecule has 0 saturated carbocycles. The van der Waals surface area contributed by atoms with E-state index in [9.17, 15) is 4.79 Å². The zero-order chi connectivity index (χ0) is 11.5. The zero-order valence-corrected chi connectivity index (χ0v) is 9.68. The van der Waals surface area contributed by atoms with Crippen molar-refractivity contribution in [2.45, 2.75) is 6.92 Å². The van der Waals surface area contributed by atoms with Crippen LogP contribution in [0.1, 0.15) is 16.3 Å². The molecule has 0 radical (unpaired) electrons. The molecule has 2 heterocycles. The molecule has 2 rings (SSSR count). The molecule has 1 saturated heterocycles. The maximum absolute atomic E-state index is 12.1. The van der Waals surface area contributed by atoms with Crippen LogP contribution in [0.3, 0.4) is 0 Å². The molecule has 16 heavy (non-hydrogen) atoms. The summed E-state index contributed by atoms with van der Waals surface area (Å²) in [4.78, 5) is 24.3. The number of aryl methyl sites for hydroxylation is 1. The van der Waals surface area contributed by atoms with Gasteiger partial charge < -0.3 is 9.80 Å². The Hall–Kier alpha value is -1.49. The third-order valence-corrected chi connectivity index (χ3v) is 2.79. The standard InChI is InChI=1S/C11H16N4O/c1-9-12-4-3-10(13-9)11(16)15-7-5-14(2)6-8-15/h3-4H,5-8H2,1-2H3. The number of nitrogens with zero attached hydrogens (tertiary/aromatic N) is 4. The second kappa shape index (κ2) is 4.57. The Labute approximate surface area is 95.1 Å². The Kier molecular flexibility index (Phi) is 3.14. The molecule has 1 aromatic heterocycles. The van der Waals surface area contributed by atoms with E-state index in [0.717, 1.165) is 26.2 Å². The van der Waals surface area contributed by atoms with E-state index in [2.05, 4.69) is 21.9 Å². The molecule has 0 N–H and O–H groups in total. The van der Waals surface area contributed by atoms with Crippen molar-refractivity contribution in [2.75, 3.05) is 33.2 Å². The van der Waals surface area contributed by atoms with Crippen molar-refractivity contribution >= 4 is 5.91 Å². The maximum Gasteiger partial charge on any atom is 0.272 e. The van der Waals surface area contributed by atoms with Gasteiger partial charge in [0.05, 0.1) is 0 Å². The molecule has 0 spiro atoms. The van der Waals surface area contributed by atoms with E-state index in [1.54, 1.807) is 19.2 Å². The Bertz CT molecular complexity index is 385. The summed E-state index contributed by atoms with van der Waals surface area (Å²) >= 11 is 0. The van der Waals surface area contributed by atoms with E-state index < -0.39 is 0 Å². The van der Waals surface area contributed by atoms with Crippen molar-refractivity contribution in [1.29, 1.82) is 0 Å². The SMILES string of the molecule is Cc1nccc(C(=O)N2CCN(C)CC2)n1. The summed E-state index contributed by atoms with van der Waals surface area (Å²) in [7, 11) is 2.07. The molecule has 0 atom stereocenters. The minimum atomic E-state index is 0.0126. The Morgan fingerprint density at radius 2 is 2.00 bits per heavy atom. The van der Waals surface area contributed by atoms with Gasteiger partial charge in [-0.3, -0.25) is 4.79 Å². The highest BCUT2D eigenvalue weighted by Crippen LogP contribution is 2.05. The van der Waals surface area contributed by atoms with Gasteiger partial charge in [-0.1, -0.05) is 0 Å². The van der Waals surface area contributed by atoms with Crippen LogP contribution in [-0.4, -0.2) is 58.9 Å². The lowest BCUT2D eigenvalue weighted by molar-refractivity contribution is 0.0657. The molecule has 0 unspecified atom stereocenters. The van der Waals surface area contributed by atoms with Gasteiger partial charge in [0.2, 0.25) is 0 Å². The minimum Gasteiger partial charge on any atom is -0.335 e. The lowest BCUT2D eigenvalue weighted by atomic mass is 10.3. The molecule has 1 aromatic rings. The molecule has 1 aliphatic rings. The van der Waals surface area contributed by atoms with Gasteiger partial charge in [0, 0.05) is 32.4 Å². The summed E-state index contributed by atoms with van der Waals surface area (Å²) in [6, 6.07) is 1.67. The second-order valence-corrected chi connectivity index (χ2v) is 4.08. The average molecular weight is 220 g/mol. The molecule has 0 bridgehead atoms. The quantitative estimate of drug-likeness (QED) is 0.677. The number of likely N-dealkylation sites (N-methyl/N-ethyl adjacent to an activating group) is 1. The van der Waals surface area contributed by atoms with Gasteiger partial charge in [0.1, 0.15) is 11.5 Å². The van der Waals surface area contributed by atoms with Crippen molar-refractivity contribution in [3.05, 3.63) is 23.8 Å². The summed E-state index contributed by atoms with van der Waals surface area (Å²) in [6.07, 6.45) is 1.63. The van der Waals surface area contributed by atoms with Crippen molar-refractivity contribution in [3.8, 4) is 0 Å². The predicted molar refractivity (Wildman–Crippen MR) is 60.2 cm³/mol. The summed E-state index contributed by atoms with van der Waals surface area (Å²) in [5.74, 6) is 0.651. The van der Waals surface area contributed by atoms with E-state index in [0.29, 0.717) is 11.5 Å². The van der Waals surface area contributed by atoms with Crippen LogP contribution in [0, 0.1) is 6.92 Å². The van der Waals surface area contributed by atoms with Crippen LogP contribution in [0.25, 0.3) is 0 Å². The second-order valence-electron chi connectivity index (χ2n) is 4.08. The highest BCUT2D eigenvalue weighted by atomic mass is 16.2. The fourth-order valence-corrected chi connectivity index (χ4v) is 1.75. The summed E-state index contributed by atoms with van der Waals surface area (Å²) < 4.78 is 0. The fourth-order valence-electron chi connectivity index (χ4n) is 1.75. The third-order valence-electron chi connectivity index (χ3n) is 2.79. The highest BCUT2D eigenvalue weighted by molar-refractivity contribution is 5.92. The van der Waals surface area contributed by atoms with E-state index in [1.165, 1.54) is 0 Å². The number of carbonyl (C=O) groups excluding carboxylic acids is 1. The van der Waals surface area contributed by atoms with Crippen LogP contribution >= 0.6 is 0 Å². The van der Waals surface area contributed by atoms with Crippen LogP contribution in [0.2, 0.25) is 0 Å². The maximum atomic E-state index is 12.1. The number of piperazine rings is 1. The number of carbonyl (C=O) groups is 1. The molecular weight excluding hydrogens is 204 g/mol. The van der Waals surface area contributed by atoms with Crippen LogP contribution in [0.4, 0.5) is 0 Å². The molecular formula is C11H16N4O. The largest absolute Gasteiger partial charge is 0.335 e. The van der Waals surface area contributed by atoms with Crippen LogP contribution in [0.15, 0.2) is 12.3 Å². The van der Waals surface area contributed by atoms with Crippen LogP contribution in [-0.2, 0) is 0 Å². The fraction of sp³-hybridized carbons (Fsp3) is 0.545. The lowest BCUT2D eigenvalue weighted by Gasteiger charge is -2.32. The molecule has 0 aliphatic carbocycles. The number of aromatic nitrogens is 2. The molecule has 0 aromatic carbocycles. The van der Waals surface area contributed by atoms with Gasteiger partial charge in [-0.15, -0.1) is 0 Å². The molecule has 5 nitrogen and oxygen atoms in total. The lowest BCUT2D eigenvalue weighted by Crippen LogP contribution is -2.47. The first-order valence-electron chi connectivity index (χ1n) is 5.44. The number of hydrogen-bond donors (Lipinski definition) is 0. The van der Waals surface area contributed by atoms with Crippen molar-refractivity contribution in [1.82, 2.24) is 19.8 Å². The monoisotopic (exact) mass is 220 g/mol. The Morgan fingerprint density at radius 3 is 2.62 bits per heavy atom. The molecule has 1 aliphatic heterocycles. The Balaban J connectivity index is 2.08. The van der Waals surface area contributed by atoms with Crippen molar-refractivity contribution in [3.63, 3.8) is 0 Å². The topological polar surface area (TPSA) is 49.3 Å². The smallest absolute Gasteiger partial charge is 0.272 e. The Morgan fingerprint density at radius 1 is 1.31 bits per heavy atom.